The molecule has 0 amide bonds. The largest absolute Gasteiger partial charge is 0.300 e. The number of piperidine rings is 1. The number of hydrogen-bond donors (Lipinski definition) is 0. The van der Waals surface area contributed by atoms with Crippen molar-refractivity contribution in [2.75, 3.05) is 13.1 Å². The van der Waals surface area contributed by atoms with Crippen molar-refractivity contribution in [1.82, 2.24) is 4.90 Å². The van der Waals surface area contributed by atoms with Crippen molar-refractivity contribution in [3.05, 3.63) is 23.8 Å². The predicted molar refractivity (Wildman–Crippen MR) is 79.7 cm³/mol. The second-order valence-corrected chi connectivity index (χ2v) is 6.18. The Morgan fingerprint density at radius 1 is 1.33 bits per heavy atom. The van der Waals surface area contributed by atoms with E-state index in [1.165, 1.54) is 50.8 Å². The fourth-order valence-electron chi connectivity index (χ4n) is 4.02. The molecule has 1 nitrogen and oxygen atoms in total. The van der Waals surface area contributed by atoms with E-state index in [-0.39, 0.29) is 0 Å². The molecular formula is C17H29N. The summed E-state index contributed by atoms with van der Waals surface area (Å²) in [6, 6.07) is 0.785. The molecule has 2 aliphatic rings. The molecule has 0 bridgehead atoms. The second-order valence-electron chi connectivity index (χ2n) is 6.18. The molecule has 1 heteroatoms. The van der Waals surface area contributed by atoms with E-state index in [1.807, 2.05) is 0 Å². The molecule has 2 heterocycles. The zero-order valence-electron chi connectivity index (χ0n) is 12.4. The lowest BCUT2D eigenvalue weighted by atomic mass is 9.79. The molecule has 0 aromatic rings. The quantitative estimate of drug-likeness (QED) is 0.665. The Hall–Kier alpha value is -0.560. The molecule has 2 rings (SSSR count). The molecule has 0 N–H and O–H groups in total. The first-order valence-electron chi connectivity index (χ1n) is 7.71. The van der Waals surface area contributed by atoms with Gasteiger partial charge in [0.2, 0.25) is 0 Å². The summed E-state index contributed by atoms with van der Waals surface area (Å²) < 4.78 is 0. The second kappa shape index (κ2) is 6.06. The predicted octanol–water partition coefficient (Wildman–Crippen LogP) is 4.41. The third-order valence-electron chi connectivity index (χ3n) is 5.02. The molecule has 3 atom stereocenters. The van der Waals surface area contributed by atoms with Crippen LogP contribution in [0.4, 0.5) is 0 Å². The van der Waals surface area contributed by atoms with E-state index in [0.717, 1.165) is 17.9 Å². The van der Waals surface area contributed by atoms with Gasteiger partial charge >= 0.3 is 0 Å². The molecule has 0 saturated carbocycles. The molecule has 2 saturated heterocycles. The van der Waals surface area contributed by atoms with E-state index in [1.54, 1.807) is 5.57 Å². The van der Waals surface area contributed by atoms with Gasteiger partial charge in [-0.3, -0.25) is 4.90 Å². The lowest BCUT2D eigenvalue weighted by Gasteiger charge is -2.38. The standard InChI is InChI=1S/C17H29N/c1-5-7-14(6-2)15-8-10-18-11-9-16(13(3)4)17(18)12-15/h6,15-17H,3,5,7-12H2,1-2,4H3/b14-6-. The highest BCUT2D eigenvalue weighted by atomic mass is 15.2. The molecule has 0 aromatic heterocycles. The van der Waals surface area contributed by atoms with Gasteiger partial charge in [0, 0.05) is 6.04 Å². The van der Waals surface area contributed by atoms with Gasteiger partial charge in [0.05, 0.1) is 0 Å². The third-order valence-corrected chi connectivity index (χ3v) is 5.02. The Kier molecular flexibility index (Phi) is 4.66. The normalized spacial score (nSPS) is 33.5. The SMILES string of the molecule is C=C(C)C1CCN2CCC(/C(=C\C)CCC)CC12. The molecule has 0 spiro atoms. The summed E-state index contributed by atoms with van der Waals surface area (Å²) in [5.41, 5.74) is 3.12. The summed E-state index contributed by atoms with van der Waals surface area (Å²) in [7, 11) is 0. The topological polar surface area (TPSA) is 3.24 Å². The first-order chi connectivity index (χ1) is 8.67. The van der Waals surface area contributed by atoms with Crippen LogP contribution in [0.25, 0.3) is 0 Å². The zero-order chi connectivity index (χ0) is 13.1. The molecule has 0 aromatic carbocycles. The summed E-state index contributed by atoms with van der Waals surface area (Å²) in [5, 5.41) is 0. The van der Waals surface area contributed by atoms with Crippen LogP contribution in [0.15, 0.2) is 23.8 Å². The van der Waals surface area contributed by atoms with Gasteiger partial charge in [0.15, 0.2) is 0 Å². The fraction of sp³-hybridized carbons (Fsp3) is 0.765. The molecule has 0 aliphatic carbocycles. The molecule has 2 fully saturated rings. The van der Waals surface area contributed by atoms with Gasteiger partial charge in [-0.05, 0) is 64.5 Å². The highest BCUT2D eigenvalue weighted by Gasteiger charge is 2.39. The zero-order valence-corrected chi connectivity index (χ0v) is 12.4. The highest BCUT2D eigenvalue weighted by molar-refractivity contribution is 5.13. The van der Waals surface area contributed by atoms with Crippen molar-refractivity contribution < 1.29 is 0 Å². The smallest absolute Gasteiger partial charge is 0.0167 e. The van der Waals surface area contributed by atoms with Gasteiger partial charge in [-0.1, -0.05) is 37.1 Å². The molecular weight excluding hydrogens is 218 g/mol. The molecule has 2 aliphatic heterocycles. The van der Waals surface area contributed by atoms with E-state index in [9.17, 15) is 0 Å². The van der Waals surface area contributed by atoms with Crippen LogP contribution in [-0.4, -0.2) is 24.0 Å². The van der Waals surface area contributed by atoms with Crippen molar-refractivity contribution in [2.45, 2.75) is 58.9 Å². The van der Waals surface area contributed by atoms with E-state index < -0.39 is 0 Å². The number of hydrogen-bond acceptors (Lipinski definition) is 1. The lowest BCUT2D eigenvalue weighted by Crippen LogP contribution is -2.41. The van der Waals surface area contributed by atoms with Crippen LogP contribution >= 0.6 is 0 Å². The van der Waals surface area contributed by atoms with Crippen molar-refractivity contribution in [3.63, 3.8) is 0 Å². The fourth-order valence-corrected chi connectivity index (χ4v) is 4.02. The number of nitrogens with zero attached hydrogens (tertiary/aromatic N) is 1. The van der Waals surface area contributed by atoms with Crippen LogP contribution in [0, 0.1) is 11.8 Å². The average Bonchev–Trinajstić information content (AvgIpc) is 2.78. The average molecular weight is 247 g/mol. The van der Waals surface area contributed by atoms with E-state index in [0.29, 0.717) is 0 Å². The van der Waals surface area contributed by atoms with E-state index >= 15 is 0 Å². The molecule has 18 heavy (non-hydrogen) atoms. The van der Waals surface area contributed by atoms with Crippen LogP contribution in [0.2, 0.25) is 0 Å². The minimum absolute atomic E-state index is 0.757. The number of allylic oxidation sites excluding steroid dienone is 2. The first-order valence-corrected chi connectivity index (χ1v) is 7.71. The summed E-state index contributed by atoms with van der Waals surface area (Å²) in [5.74, 6) is 1.60. The van der Waals surface area contributed by atoms with E-state index in [4.69, 9.17) is 0 Å². The van der Waals surface area contributed by atoms with Crippen LogP contribution in [0.5, 0.6) is 0 Å². The van der Waals surface area contributed by atoms with Crippen LogP contribution < -0.4 is 0 Å². The maximum atomic E-state index is 4.21. The monoisotopic (exact) mass is 247 g/mol. The number of rotatable bonds is 4. The summed E-state index contributed by atoms with van der Waals surface area (Å²) >= 11 is 0. The first kappa shape index (κ1) is 13.9. The van der Waals surface area contributed by atoms with Crippen LogP contribution in [-0.2, 0) is 0 Å². The van der Waals surface area contributed by atoms with Crippen molar-refractivity contribution in [2.24, 2.45) is 11.8 Å². The minimum atomic E-state index is 0.757. The minimum Gasteiger partial charge on any atom is -0.300 e. The Morgan fingerprint density at radius 2 is 2.06 bits per heavy atom. The van der Waals surface area contributed by atoms with Gasteiger partial charge in [0.25, 0.3) is 0 Å². The van der Waals surface area contributed by atoms with Crippen molar-refractivity contribution >= 4 is 0 Å². The van der Waals surface area contributed by atoms with Crippen molar-refractivity contribution in [1.29, 1.82) is 0 Å². The summed E-state index contributed by atoms with van der Waals surface area (Å²) in [4.78, 5) is 2.72. The molecule has 102 valence electrons. The number of fused-ring (bicyclic) bond motifs is 1. The maximum absolute atomic E-state index is 4.21. The van der Waals surface area contributed by atoms with Crippen molar-refractivity contribution in [3.8, 4) is 0 Å². The maximum Gasteiger partial charge on any atom is 0.0167 e. The Morgan fingerprint density at radius 3 is 2.67 bits per heavy atom. The van der Waals surface area contributed by atoms with Gasteiger partial charge in [-0.2, -0.15) is 0 Å². The van der Waals surface area contributed by atoms with E-state index in [2.05, 4.69) is 38.3 Å². The van der Waals surface area contributed by atoms with Gasteiger partial charge in [-0.25, -0.2) is 0 Å². The van der Waals surface area contributed by atoms with Gasteiger partial charge in [-0.15, -0.1) is 0 Å². The molecule has 0 radical (unpaired) electrons. The lowest BCUT2D eigenvalue weighted by molar-refractivity contribution is 0.149. The van der Waals surface area contributed by atoms with Crippen LogP contribution in [0.1, 0.15) is 52.9 Å². The Balaban J connectivity index is 2.04. The highest BCUT2D eigenvalue weighted by Crippen LogP contribution is 2.40. The Labute approximate surface area is 113 Å². The Bertz CT molecular complexity index is 329. The molecule has 3 unspecified atom stereocenters. The third kappa shape index (κ3) is 2.71. The van der Waals surface area contributed by atoms with Crippen LogP contribution in [0.3, 0.4) is 0 Å². The summed E-state index contributed by atoms with van der Waals surface area (Å²) in [6.07, 6.45) is 9.05. The summed E-state index contributed by atoms with van der Waals surface area (Å²) in [6.45, 7) is 13.6. The van der Waals surface area contributed by atoms with Gasteiger partial charge < -0.3 is 0 Å². The van der Waals surface area contributed by atoms with Gasteiger partial charge in [0.1, 0.15) is 0 Å².